The van der Waals surface area contributed by atoms with Crippen LogP contribution >= 0.6 is 34.9 Å². The lowest BCUT2D eigenvalue weighted by atomic mass is 9.97. The molecule has 7 nitrogen and oxygen atoms in total. The highest BCUT2D eigenvalue weighted by molar-refractivity contribution is 8.14. The average molecular weight is 627 g/mol. The van der Waals surface area contributed by atoms with Crippen LogP contribution in [-0.4, -0.2) is 45.3 Å². The summed E-state index contributed by atoms with van der Waals surface area (Å²) in [6, 6.07) is 29.4. The Kier molecular flexibility index (Phi) is 8.78. The molecule has 10 heteroatoms. The van der Waals surface area contributed by atoms with E-state index in [4.69, 9.17) is 4.74 Å². The van der Waals surface area contributed by atoms with E-state index in [0.29, 0.717) is 4.90 Å². The maximum atomic E-state index is 14.1. The molecule has 4 aromatic rings. The van der Waals surface area contributed by atoms with Crippen LogP contribution < -0.4 is 5.32 Å². The molecule has 1 fully saturated rings. The van der Waals surface area contributed by atoms with Gasteiger partial charge in [0.1, 0.15) is 11.4 Å². The van der Waals surface area contributed by atoms with E-state index >= 15 is 0 Å². The maximum absolute atomic E-state index is 14.1. The Morgan fingerprint density at radius 1 is 0.860 bits per heavy atom. The predicted molar refractivity (Wildman–Crippen MR) is 168 cm³/mol. The van der Waals surface area contributed by atoms with Gasteiger partial charge in [-0.2, -0.15) is 0 Å². The van der Waals surface area contributed by atoms with Crippen molar-refractivity contribution in [3.8, 4) is 0 Å². The van der Waals surface area contributed by atoms with Crippen LogP contribution in [0.15, 0.2) is 124 Å². The molecule has 3 heterocycles. The second kappa shape index (κ2) is 13.0. The van der Waals surface area contributed by atoms with Gasteiger partial charge in [-0.1, -0.05) is 84.9 Å². The fourth-order valence-electron chi connectivity index (χ4n) is 5.01. The first-order chi connectivity index (χ1) is 21.0. The first-order valence-corrected chi connectivity index (χ1v) is 16.2. The van der Waals surface area contributed by atoms with Crippen molar-refractivity contribution in [3.63, 3.8) is 0 Å². The van der Waals surface area contributed by atoms with Crippen molar-refractivity contribution in [1.82, 2.24) is 10.2 Å². The number of carbonyl (C=O) groups excluding carboxylic acids is 4. The molecule has 1 saturated heterocycles. The normalized spacial score (nSPS) is 19.2. The summed E-state index contributed by atoms with van der Waals surface area (Å²) in [6.07, 6.45) is -0.591. The van der Waals surface area contributed by atoms with E-state index in [1.54, 1.807) is 5.41 Å². The predicted octanol–water partition coefficient (Wildman–Crippen LogP) is 5.59. The van der Waals surface area contributed by atoms with Crippen LogP contribution in [0.1, 0.15) is 22.1 Å². The third kappa shape index (κ3) is 6.31. The van der Waals surface area contributed by atoms with Gasteiger partial charge < -0.3 is 15.0 Å². The molecule has 2 amide bonds. The van der Waals surface area contributed by atoms with Crippen LogP contribution in [0.4, 0.5) is 0 Å². The number of β-lactam (4-membered cyclic amide) rings is 1. The summed E-state index contributed by atoms with van der Waals surface area (Å²) in [5.74, 6) is -1.43. The molecule has 0 saturated carbocycles. The van der Waals surface area contributed by atoms with E-state index in [-0.39, 0.29) is 23.0 Å². The number of nitrogens with zero attached hydrogens (tertiary/aromatic N) is 1. The fourth-order valence-corrected chi connectivity index (χ4v) is 7.80. The summed E-state index contributed by atoms with van der Waals surface area (Å²) < 4.78 is 6.15. The monoisotopic (exact) mass is 626 g/mol. The SMILES string of the molecule is O=C(Cc1cccs1)NC1C(=O)N2C(C(=O)OC(c3ccccc3)c3ccccc3)C(C(=O)Sc3ccccc3)=CS[C@H]12. The largest absolute Gasteiger partial charge is 0.451 e. The molecule has 2 aliphatic rings. The summed E-state index contributed by atoms with van der Waals surface area (Å²) in [7, 11) is 0. The quantitative estimate of drug-likeness (QED) is 0.147. The van der Waals surface area contributed by atoms with Gasteiger partial charge in [-0.3, -0.25) is 14.4 Å². The van der Waals surface area contributed by atoms with E-state index in [2.05, 4.69) is 5.32 Å². The summed E-state index contributed by atoms with van der Waals surface area (Å²) >= 11 is 3.70. The summed E-state index contributed by atoms with van der Waals surface area (Å²) in [5, 5.41) is 5.44. The number of amides is 2. The van der Waals surface area contributed by atoms with Gasteiger partial charge in [0.15, 0.2) is 12.1 Å². The van der Waals surface area contributed by atoms with Gasteiger partial charge >= 0.3 is 5.97 Å². The van der Waals surface area contributed by atoms with Crippen LogP contribution in [0.5, 0.6) is 0 Å². The molecule has 1 aromatic heterocycles. The van der Waals surface area contributed by atoms with Gasteiger partial charge in [0, 0.05) is 15.3 Å². The zero-order valence-electron chi connectivity index (χ0n) is 22.7. The second-order valence-electron chi connectivity index (χ2n) is 9.89. The molecule has 0 spiro atoms. The van der Waals surface area contributed by atoms with E-state index in [0.717, 1.165) is 27.8 Å². The van der Waals surface area contributed by atoms with Crippen molar-refractivity contribution in [2.45, 2.75) is 34.9 Å². The molecule has 6 rings (SSSR count). The molecular formula is C33H26N2O5S3. The van der Waals surface area contributed by atoms with Crippen LogP contribution in [0.25, 0.3) is 0 Å². The minimum Gasteiger partial charge on any atom is -0.451 e. The summed E-state index contributed by atoms with van der Waals surface area (Å²) in [5.41, 5.74) is 1.68. The lowest BCUT2D eigenvalue weighted by Gasteiger charge is -2.51. The first kappa shape index (κ1) is 29.0. The fraction of sp³-hybridized carbons (Fsp3) is 0.152. The number of hydrogen-bond acceptors (Lipinski definition) is 8. The molecule has 2 unspecified atom stereocenters. The first-order valence-electron chi connectivity index (χ1n) is 13.6. The van der Waals surface area contributed by atoms with Crippen LogP contribution in [0.2, 0.25) is 0 Å². The van der Waals surface area contributed by atoms with E-state index in [1.807, 2.05) is 109 Å². The number of fused-ring (bicyclic) bond motifs is 1. The van der Waals surface area contributed by atoms with Crippen molar-refractivity contribution in [3.05, 3.63) is 135 Å². The van der Waals surface area contributed by atoms with Crippen molar-refractivity contribution < 1.29 is 23.9 Å². The third-order valence-electron chi connectivity index (χ3n) is 7.07. The van der Waals surface area contributed by atoms with Crippen molar-refractivity contribution >= 4 is 57.8 Å². The van der Waals surface area contributed by atoms with Crippen molar-refractivity contribution in [2.24, 2.45) is 0 Å². The second-order valence-corrected chi connectivity index (χ2v) is 13.0. The molecule has 3 atom stereocenters. The molecule has 0 radical (unpaired) electrons. The Morgan fingerprint density at radius 2 is 1.49 bits per heavy atom. The molecule has 2 aliphatic heterocycles. The minimum absolute atomic E-state index is 0.160. The molecule has 43 heavy (non-hydrogen) atoms. The van der Waals surface area contributed by atoms with Crippen LogP contribution in [-0.2, 0) is 30.3 Å². The number of thiophene rings is 1. The van der Waals surface area contributed by atoms with Crippen molar-refractivity contribution in [1.29, 1.82) is 0 Å². The van der Waals surface area contributed by atoms with E-state index < -0.39 is 35.4 Å². The number of nitrogens with one attached hydrogen (secondary N) is 1. The third-order valence-corrected chi connectivity index (χ3v) is 10.0. The Bertz CT molecular complexity index is 1610. The lowest BCUT2D eigenvalue weighted by molar-refractivity contribution is -0.165. The molecule has 1 N–H and O–H groups in total. The topological polar surface area (TPSA) is 92.8 Å². The Morgan fingerprint density at radius 3 is 2.09 bits per heavy atom. The maximum Gasteiger partial charge on any atom is 0.334 e. The highest BCUT2D eigenvalue weighted by Gasteiger charge is 2.57. The highest BCUT2D eigenvalue weighted by Crippen LogP contribution is 2.43. The lowest BCUT2D eigenvalue weighted by Crippen LogP contribution is -2.74. The Labute approximate surface area is 261 Å². The number of benzene rings is 3. The number of thioether (sulfide) groups is 2. The average Bonchev–Trinajstić information content (AvgIpc) is 3.56. The van der Waals surface area contributed by atoms with E-state index in [9.17, 15) is 19.2 Å². The van der Waals surface area contributed by atoms with Gasteiger partial charge in [-0.05, 0) is 51.9 Å². The number of ether oxygens (including phenoxy) is 1. The molecule has 0 bridgehead atoms. The number of carbonyl (C=O) groups is 4. The number of esters is 1. The van der Waals surface area contributed by atoms with Gasteiger partial charge in [-0.25, -0.2) is 4.79 Å². The molecule has 3 aromatic carbocycles. The highest BCUT2D eigenvalue weighted by atomic mass is 32.2. The van der Waals surface area contributed by atoms with E-state index in [1.165, 1.54) is 28.0 Å². The molecule has 0 aliphatic carbocycles. The zero-order chi connectivity index (χ0) is 29.8. The van der Waals surface area contributed by atoms with Gasteiger partial charge in [0.05, 0.1) is 6.42 Å². The smallest absolute Gasteiger partial charge is 0.334 e. The summed E-state index contributed by atoms with van der Waals surface area (Å²) in [4.78, 5) is 56.9. The Balaban J connectivity index is 1.28. The standard InChI is InChI=1S/C33H26N2O5S3/c36-26(19-24-17-10-18-41-24)34-27-30(37)35-28(25(20-42-31(27)35)33(39)43-23-15-8-3-9-16-23)32(38)40-29(21-11-4-1-5-12-21)22-13-6-2-7-14-22/h1-18,20,27-29,31H,19H2,(H,34,36)/t27?,28?,31-/m1/s1. The molecule has 216 valence electrons. The number of rotatable bonds is 9. The van der Waals surface area contributed by atoms with Crippen LogP contribution in [0, 0.1) is 0 Å². The molecular weight excluding hydrogens is 601 g/mol. The van der Waals surface area contributed by atoms with Gasteiger partial charge in [0.2, 0.25) is 16.9 Å². The zero-order valence-corrected chi connectivity index (χ0v) is 25.1. The van der Waals surface area contributed by atoms with Crippen molar-refractivity contribution in [2.75, 3.05) is 0 Å². The van der Waals surface area contributed by atoms with Gasteiger partial charge in [-0.15, -0.1) is 23.1 Å². The summed E-state index contributed by atoms with van der Waals surface area (Å²) in [6.45, 7) is 0. The van der Waals surface area contributed by atoms with Gasteiger partial charge in [0.25, 0.3) is 0 Å². The van der Waals surface area contributed by atoms with Crippen LogP contribution in [0.3, 0.4) is 0 Å². The minimum atomic E-state index is -1.26. The Hall–Kier alpha value is -4.12. The number of hydrogen-bond donors (Lipinski definition) is 1.